The molecular weight excluding hydrogens is 641 g/mol. The van der Waals surface area contributed by atoms with Crippen LogP contribution in [0.15, 0.2) is 72.9 Å². The second kappa shape index (κ2) is 31.4. The van der Waals surface area contributed by atoms with Gasteiger partial charge in [0, 0.05) is 12.8 Å². The Morgan fingerprint density at radius 2 is 1.20 bits per heavy atom. The van der Waals surface area contributed by atoms with Gasteiger partial charge in [0.25, 0.3) is 0 Å². The van der Waals surface area contributed by atoms with Gasteiger partial charge in [-0.25, -0.2) is 4.57 Å². The number of allylic oxidation sites excluding steroid dienone is 12. The molecule has 0 aliphatic heterocycles. The predicted molar refractivity (Wildman–Crippen MR) is 201 cm³/mol. The van der Waals surface area contributed by atoms with Gasteiger partial charge in [-0.05, 0) is 57.8 Å². The molecule has 0 saturated carbocycles. The van der Waals surface area contributed by atoms with E-state index in [-0.39, 0.29) is 26.1 Å². The van der Waals surface area contributed by atoms with Crippen LogP contribution in [0.25, 0.3) is 0 Å². The average molecular weight is 709 g/mol. The first-order chi connectivity index (χ1) is 23.5. The molecule has 9 nitrogen and oxygen atoms in total. The number of carbonyl (C=O) groups excluding carboxylic acids is 2. The van der Waals surface area contributed by atoms with Gasteiger partial charge in [-0.15, -0.1) is 0 Å². The van der Waals surface area contributed by atoms with Gasteiger partial charge < -0.3 is 18.9 Å². The van der Waals surface area contributed by atoms with E-state index in [1.807, 2.05) is 57.6 Å². The maximum absolute atomic E-state index is 12.6. The monoisotopic (exact) mass is 708 g/mol. The van der Waals surface area contributed by atoms with Crippen LogP contribution in [0.5, 0.6) is 0 Å². The molecule has 0 aliphatic rings. The Morgan fingerprint density at radius 1 is 0.653 bits per heavy atom. The summed E-state index contributed by atoms with van der Waals surface area (Å²) in [7, 11) is 1.42. The summed E-state index contributed by atoms with van der Waals surface area (Å²) in [5, 5.41) is 0. The quantitative estimate of drug-likeness (QED) is 0.0190. The summed E-state index contributed by atoms with van der Waals surface area (Å²) in [6.45, 7) is 4.06. The number of phosphoric ester groups is 1. The molecule has 49 heavy (non-hydrogen) atoms. The highest BCUT2D eigenvalue weighted by Crippen LogP contribution is 2.43. The zero-order valence-corrected chi connectivity index (χ0v) is 32.0. The topological polar surface area (TPSA) is 108 Å². The minimum Gasteiger partial charge on any atom is -0.462 e. The van der Waals surface area contributed by atoms with E-state index < -0.39 is 32.5 Å². The van der Waals surface area contributed by atoms with Crippen molar-refractivity contribution in [3.8, 4) is 0 Å². The summed E-state index contributed by atoms with van der Waals surface area (Å²) in [5.41, 5.74) is 0. The van der Waals surface area contributed by atoms with Crippen LogP contribution in [0.2, 0.25) is 0 Å². The fourth-order valence-electron chi connectivity index (χ4n) is 4.24. The van der Waals surface area contributed by atoms with Crippen molar-refractivity contribution in [1.29, 1.82) is 0 Å². The van der Waals surface area contributed by atoms with E-state index in [0.717, 1.165) is 70.6 Å². The van der Waals surface area contributed by atoms with Crippen LogP contribution < -0.4 is 0 Å². The van der Waals surface area contributed by atoms with Crippen molar-refractivity contribution in [1.82, 2.24) is 0 Å². The predicted octanol–water partition coefficient (Wildman–Crippen LogP) is 9.51. The maximum atomic E-state index is 12.6. The van der Waals surface area contributed by atoms with Crippen LogP contribution in [0, 0.1) is 0 Å². The molecular formula is C39H67NO8P+. The lowest BCUT2D eigenvalue weighted by Gasteiger charge is -2.24. The number of likely N-dealkylation sites (N-methyl/N-ethyl adjacent to an activating group) is 1. The zero-order valence-electron chi connectivity index (χ0n) is 31.1. The van der Waals surface area contributed by atoms with Crippen molar-refractivity contribution < 1.29 is 42.1 Å². The lowest BCUT2D eigenvalue weighted by molar-refractivity contribution is -0.870. The second-order valence-corrected chi connectivity index (χ2v) is 14.4. The molecule has 0 radical (unpaired) electrons. The number of rotatable bonds is 31. The van der Waals surface area contributed by atoms with Crippen molar-refractivity contribution >= 4 is 19.8 Å². The number of nitrogens with zero attached hydrogens (tertiary/aromatic N) is 1. The Bertz CT molecular complexity index is 1070. The largest absolute Gasteiger partial charge is 0.472 e. The average Bonchev–Trinajstić information content (AvgIpc) is 3.04. The highest BCUT2D eigenvalue weighted by atomic mass is 31.2. The fraction of sp³-hybridized carbons (Fsp3) is 0.641. The van der Waals surface area contributed by atoms with Gasteiger partial charge in [0.05, 0.1) is 27.7 Å². The summed E-state index contributed by atoms with van der Waals surface area (Å²) in [4.78, 5) is 35.1. The first kappa shape index (κ1) is 46.5. The maximum Gasteiger partial charge on any atom is 0.472 e. The van der Waals surface area contributed by atoms with Crippen LogP contribution in [0.1, 0.15) is 110 Å². The van der Waals surface area contributed by atoms with E-state index in [9.17, 15) is 19.0 Å². The van der Waals surface area contributed by atoms with Crippen molar-refractivity contribution in [2.45, 2.75) is 116 Å². The number of phosphoric acid groups is 1. The Kier molecular flexibility index (Phi) is 29.8. The number of unbranched alkanes of at least 4 members (excludes halogenated alkanes) is 8. The van der Waals surface area contributed by atoms with Crippen LogP contribution in [0.4, 0.5) is 0 Å². The molecule has 0 rings (SSSR count). The van der Waals surface area contributed by atoms with Crippen LogP contribution in [0.3, 0.4) is 0 Å². The molecule has 0 aromatic carbocycles. The number of quaternary nitrogens is 1. The third-order valence-corrected chi connectivity index (χ3v) is 8.06. The van der Waals surface area contributed by atoms with Crippen LogP contribution in [-0.4, -0.2) is 74.9 Å². The molecule has 0 fully saturated rings. The fourth-order valence-corrected chi connectivity index (χ4v) is 4.98. The highest BCUT2D eigenvalue weighted by Gasteiger charge is 2.27. The van der Waals surface area contributed by atoms with Crippen molar-refractivity contribution in [3.05, 3.63) is 72.9 Å². The summed E-state index contributed by atoms with van der Waals surface area (Å²) < 4.78 is 34.0. The molecule has 1 N–H and O–H groups in total. The first-order valence-electron chi connectivity index (χ1n) is 18.2. The Labute approximate surface area is 298 Å². The van der Waals surface area contributed by atoms with Gasteiger partial charge in [-0.3, -0.25) is 18.6 Å². The van der Waals surface area contributed by atoms with E-state index in [4.69, 9.17) is 18.5 Å². The van der Waals surface area contributed by atoms with E-state index in [1.54, 1.807) is 0 Å². The smallest absolute Gasteiger partial charge is 0.462 e. The van der Waals surface area contributed by atoms with Crippen molar-refractivity contribution in [2.75, 3.05) is 47.5 Å². The molecule has 280 valence electrons. The second-order valence-electron chi connectivity index (χ2n) is 12.9. The summed E-state index contributed by atoms with van der Waals surface area (Å²) >= 11 is 0. The molecule has 0 heterocycles. The van der Waals surface area contributed by atoms with Gasteiger partial charge in [0.1, 0.15) is 19.8 Å². The molecule has 0 aromatic rings. The number of esters is 2. The lowest BCUT2D eigenvalue weighted by Crippen LogP contribution is -2.37. The normalized spacial score (nSPS) is 14.7. The number of hydrogen-bond acceptors (Lipinski definition) is 7. The van der Waals surface area contributed by atoms with Gasteiger partial charge in [-0.2, -0.15) is 0 Å². The third kappa shape index (κ3) is 35.1. The van der Waals surface area contributed by atoms with Crippen LogP contribution >= 0.6 is 7.82 Å². The van der Waals surface area contributed by atoms with E-state index in [2.05, 4.69) is 50.3 Å². The molecule has 0 saturated heterocycles. The van der Waals surface area contributed by atoms with Crippen LogP contribution in [-0.2, 0) is 32.7 Å². The minimum absolute atomic E-state index is 0.0171. The van der Waals surface area contributed by atoms with Gasteiger partial charge in [-0.1, -0.05) is 112 Å². The minimum atomic E-state index is -4.38. The Hall–Kier alpha value is -2.55. The van der Waals surface area contributed by atoms with E-state index >= 15 is 0 Å². The zero-order chi connectivity index (χ0) is 36.5. The molecule has 0 spiro atoms. The third-order valence-electron chi connectivity index (χ3n) is 7.08. The number of carbonyl (C=O) groups is 2. The standard InChI is InChI=1S/C39H66NO8P/c1-6-8-10-12-14-16-18-20-22-24-26-28-30-32-39(42)48-37(36-47-49(43,44)46-34-33-40(3,4)5)35-45-38(41)31-29-27-25-23-21-19-17-15-13-11-9-7-2/h8-12,14-18,20,22,37H,6-7,13,19,21,23-36H2,1-5H3/p+1/b10-8+,11-9+,14-12+,17-15+,18-16+,22-20+. The molecule has 0 bridgehead atoms. The van der Waals surface area contributed by atoms with E-state index in [0.29, 0.717) is 23.9 Å². The molecule has 0 aromatic heterocycles. The molecule has 0 aliphatic carbocycles. The van der Waals surface area contributed by atoms with Gasteiger partial charge in [0.15, 0.2) is 6.10 Å². The van der Waals surface area contributed by atoms with Crippen molar-refractivity contribution in [2.24, 2.45) is 0 Å². The van der Waals surface area contributed by atoms with Crippen molar-refractivity contribution in [3.63, 3.8) is 0 Å². The summed E-state index contributed by atoms with van der Waals surface area (Å²) in [6.07, 6.45) is 36.7. The Morgan fingerprint density at radius 3 is 1.88 bits per heavy atom. The summed E-state index contributed by atoms with van der Waals surface area (Å²) in [5.74, 6) is -0.874. The highest BCUT2D eigenvalue weighted by molar-refractivity contribution is 7.47. The molecule has 2 atom stereocenters. The molecule has 10 heteroatoms. The van der Waals surface area contributed by atoms with Gasteiger partial charge >= 0.3 is 19.8 Å². The number of ether oxygens (including phenoxy) is 2. The number of hydrogen-bond donors (Lipinski definition) is 1. The SMILES string of the molecule is CC/C=C/C=C/C=C/C=C/CCCCCC(=O)OC(COC(=O)CCCCCCC/C=C/C/C=C/CC)COP(=O)(O)OCC[N+](C)(C)C. The lowest BCUT2D eigenvalue weighted by atomic mass is 10.1. The Balaban J connectivity index is 4.58. The first-order valence-corrected chi connectivity index (χ1v) is 19.7. The molecule has 2 unspecified atom stereocenters. The summed E-state index contributed by atoms with van der Waals surface area (Å²) in [6, 6.07) is 0. The molecule has 0 amide bonds. The van der Waals surface area contributed by atoms with E-state index in [1.165, 1.54) is 0 Å². The van der Waals surface area contributed by atoms with Gasteiger partial charge in [0.2, 0.25) is 0 Å².